The van der Waals surface area contributed by atoms with Crippen LogP contribution in [0.15, 0.2) is 11.6 Å². The van der Waals surface area contributed by atoms with E-state index in [2.05, 4.69) is 6.20 Å². The maximum atomic E-state index is 11.0. The first kappa shape index (κ1) is 13.1. The minimum Gasteiger partial charge on any atom is -0.481 e. The Bertz CT molecular complexity index is 725. The van der Waals surface area contributed by atoms with Crippen molar-refractivity contribution in [1.82, 2.24) is 9.38 Å². The van der Waals surface area contributed by atoms with Crippen LogP contribution >= 0.6 is 11.3 Å². The zero-order valence-electron chi connectivity index (χ0n) is 12.5. The smallest absolute Gasteiger partial charge is 0.309 e. The molecule has 4 nitrogen and oxygen atoms in total. The highest BCUT2D eigenvalue weighted by molar-refractivity contribution is 7.15. The van der Waals surface area contributed by atoms with Gasteiger partial charge in [0.25, 0.3) is 0 Å². The van der Waals surface area contributed by atoms with Gasteiger partial charge in [0.1, 0.15) is 0 Å². The first-order valence-corrected chi connectivity index (χ1v) is 9.17. The van der Waals surface area contributed by atoms with Gasteiger partial charge in [-0.2, -0.15) is 0 Å². The van der Waals surface area contributed by atoms with Crippen molar-refractivity contribution in [2.24, 2.45) is 17.8 Å². The predicted molar refractivity (Wildman–Crippen MR) is 84.3 cm³/mol. The Balaban J connectivity index is 1.56. The van der Waals surface area contributed by atoms with Crippen LogP contribution in [-0.2, 0) is 16.6 Å². The number of thiazole rings is 1. The minimum atomic E-state index is -0.773. The zero-order valence-corrected chi connectivity index (χ0v) is 13.3. The molecule has 0 aromatic carbocycles. The van der Waals surface area contributed by atoms with E-state index in [0.717, 1.165) is 28.4 Å². The van der Waals surface area contributed by atoms with Gasteiger partial charge in [0.2, 0.25) is 0 Å². The first-order chi connectivity index (χ1) is 10.6. The van der Waals surface area contributed by atoms with Gasteiger partial charge in [-0.3, -0.25) is 9.20 Å². The fourth-order valence-electron chi connectivity index (χ4n) is 5.79. The lowest BCUT2D eigenvalue weighted by Gasteiger charge is -2.56. The molecule has 0 atom stereocenters. The van der Waals surface area contributed by atoms with Crippen molar-refractivity contribution in [2.45, 2.75) is 50.4 Å². The Morgan fingerprint density at radius 3 is 2.50 bits per heavy atom. The second-order valence-electron chi connectivity index (χ2n) is 7.77. The van der Waals surface area contributed by atoms with Crippen LogP contribution in [-0.4, -0.2) is 20.5 Å². The van der Waals surface area contributed by atoms with Gasteiger partial charge in [-0.1, -0.05) is 0 Å². The highest BCUT2D eigenvalue weighted by atomic mass is 32.1. The van der Waals surface area contributed by atoms with Crippen LogP contribution in [0.25, 0.3) is 4.96 Å². The Kier molecular flexibility index (Phi) is 2.59. The molecule has 0 radical (unpaired) electrons. The highest BCUT2D eigenvalue weighted by Crippen LogP contribution is 2.60. The molecule has 0 amide bonds. The predicted octanol–water partition coefficient (Wildman–Crippen LogP) is 3.49. The summed E-state index contributed by atoms with van der Waals surface area (Å²) >= 11 is 1.57. The largest absolute Gasteiger partial charge is 0.481 e. The van der Waals surface area contributed by atoms with Gasteiger partial charge in [-0.15, -0.1) is 11.3 Å². The molecule has 2 aromatic rings. The average molecular weight is 316 g/mol. The fourth-order valence-corrected chi connectivity index (χ4v) is 6.66. The number of hydrogen-bond acceptors (Lipinski definition) is 3. The number of carboxylic acids is 1. The van der Waals surface area contributed by atoms with Crippen molar-refractivity contribution in [3.63, 3.8) is 0 Å². The highest BCUT2D eigenvalue weighted by Gasteiger charge is 2.52. The molecule has 4 aliphatic rings. The van der Waals surface area contributed by atoms with Crippen LogP contribution in [0.1, 0.15) is 49.9 Å². The summed E-state index contributed by atoms with van der Waals surface area (Å²) in [5.41, 5.74) is 2.39. The lowest BCUT2D eigenvalue weighted by molar-refractivity contribution is -0.136. The molecule has 0 saturated heterocycles. The van der Waals surface area contributed by atoms with Crippen molar-refractivity contribution in [2.75, 3.05) is 0 Å². The molecule has 4 saturated carbocycles. The van der Waals surface area contributed by atoms with Gasteiger partial charge in [0, 0.05) is 22.7 Å². The van der Waals surface area contributed by atoms with E-state index in [1.165, 1.54) is 44.2 Å². The van der Waals surface area contributed by atoms with Crippen LogP contribution in [0.5, 0.6) is 0 Å². The monoisotopic (exact) mass is 316 g/mol. The molecule has 0 unspecified atom stereocenters. The molecule has 22 heavy (non-hydrogen) atoms. The van der Waals surface area contributed by atoms with Crippen molar-refractivity contribution in [3.8, 4) is 0 Å². The van der Waals surface area contributed by atoms with Crippen molar-refractivity contribution < 1.29 is 9.90 Å². The molecule has 4 aliphatic carbocycles. The van der Waals surface area contributed by atoms with Crippen LogP contribution < -0.4 is 0 Å². The number of carbonyl (C=O) groups is 1. The molecule has 4 bridgehead atoms. The van der Waals surface area contributed by atoms with Gasteiger partial charge in [-0.25, -0.2) is 4.98 Å². The Morgan fingerprint density at radius 2 is 1.91 bits per heavy atom. The third kappa shape index (κ3) is 1.81. The number of fused-ring (bicyclic) bond motifs is 1. The van der Waals surface area contributed by atoms with E-state index in [9.17, 15) is 4.79 Å². The quantitative estimate of drug-likeness (QED) is 0.943. The topological polar surface area (TPSA) is 54.6 Å². The van der Waals surface area contributed by atoms with Crippen molar-refractivity contribution in [3.05, 3.63) is 23.0 Å². The maximum absolute atomic E-state index is 11.0. The van der Waals surface area contributed by atoms with Crippen LogP contribution in [0.3, 0.4) is 0 Å². The molecule has 2 heterocycles. The summed E-state index contributed by atoms with van der Waals surface area (Å²) < 4.78 is 2.02. The standard InChI is InChI=1S/C17H20N2O2S/c20-15(21)4-13-9-22-16-18-14(8-19(13)16)17-5-10-1-11(6-17)3-12(2-10)7-17/h8-12H,1-7H2,(H,20,21). The summed E-state index contributed by atoms with van der Waals surface area (Å²) in [5, 5.41) is 11.0. The number of carboxylic acid groups (broad SMARTS) is 1. The van der Waals surface area contributed by atoms with Gasteiger partial charge >= 0.3 is 5.97 Å². The summed E-state index contributed by atoms with van der Waals surface area (Å²) in [7, 11) is 0. The lowest BCUT2D eigenvalue weighted by Crippen LogP contribution is -2.48. The molecular formula is C17H20N2O2S. The Morgan fingerprint density at radius 1 is 1.27 bits per heavy atom. The fraction of sp³-hybridized carbons (Fsp3) is 0.647. The van der Waals surface area contributed by atoms with Gasteiger partial charge in [0.05, 0.1) is 12.1 Å². The number of aromatic nitrogens is 2. The summed E-state index contributed by atoms with van der Waals surface area (Å²) in [4.78, 5) is 16.9. The summed E-state index contributed by atoms with van der Waals surface area (Å²) in [5.74, 6) is 1.95. The molecule has 6 rings (SSSR count). The van der Waals surface area contributed by atoms with E-state index in [-0.39, 0.29) is 6.42 Å². The van der Waals surface area contributed by atoms with Crippen LogP contribution in [0.4, 0.5) is 0 Å². The van der Waals surface area contributed by atoms with E-state index in [1.807, 2.05) is 9.78 Å². The van der Waals surface area contributed by atoms with Crippen LogP contribution in [0, 0.1) is 17.8 Å². The van der Waals surface area contributed by atoms with Crippen molar-refractivity contribution >= 4 is 22.3 Å². The third-order valence-electron chi connectivity index (χ3n) is 6.20. The molecule has 5 heteroatoms. The number of aliphatic carboxylic acids is 1. The molecule has 4 fully saturated rings. The third-order valence-corrected chi connectivity index (χ3v) is 7.09. The van der Waals surface area contributed by atoms with E-state index in [0.29, 0.717) is 5.41 Å². The van der Waals surface area contributed by atoms with E-state index in [1.54, 1.807) is 11.3 Å². The number of imidazole rings is 1. The normalized spacial score (nSPS) is 36.3. The summed E-state index contributed by atoms with van der Waals surface area (Å²) in [6.07, 6.45) is 10.4. The number of rotatable bonds is 3. The minimum absolute atomic E-state index is 0.0800. The molecule has 0 spiro atoms. The zero-order chi connectivity index (χ0) is 14.9. The first-order valence-electron chi connectivity index (χ1n) is 8.29. The van der Waals surface area contributed by atoms with Gasteiger partial charge in [-0.05, 0) is 56.3 Å². The second-order valence-corrected chi connectivity index (χ2v) is 8.61. The Labute approximate surface area is 133 Å². The molecule has 2 aromatic heterocycles. The van der Waals surface area contributed by atoms with E-state index in [4.69, 9.17) is 10.1 Å². The van der Waals surface area contributed by atoms with E-state index < -0.39 is 5.97 Å². The van der Waals surface area contributed by atoms with Gasteiger partial charge in [0.15, 0.2) is 4.96 Å². The second kappa shape index (κ2) is 4.34. The lowest BCUT2D eigenvalue weighted by atomic mass is 9.49. The molecular weight excluding hydrogens is 296 g/mol. The number of hydrogen-bond donors (Lipinski definition) is 1. The van der Waals surface area contributed by atoms with Crippen molar-refractivity contribution in [1.29, 1.82) is 0 Å². The molecule has 0 aliphatic heterocycles. The molecule has 1 N–H and O–H groups in total. The number of nitrogens with zero attached hydrogens (tertiary/aromatic N) is 2. The Hall–Kier alpha value is -1.36. The molecule has 116 valence electrons. The average Bonchev–Trinajstić information content (AvgIpc) is 2.99. The van der Waals surface area contributed by atoms with Gasteiger partial charge < -0.3 is 5.11 Å². The van der Waals surface area contributed by atoms with Crippen LogP contribution in [0.2, 0.25) is 0 Å². The summed E-state index contributed by atoms with van der Waals surface area (Å²) in [6, 6.07) is 0. The SMILES string of the molecule is O=C(O)Cc1csc2nc(C34CC5CC(CC(C5)C3)C4)cn12. The summed E-state index contributed by atoms with van der Waals surface area (Å²) in [6.45, 7) is 0. The van der Waals surface area contributed by atoms with E-state index >= 15 is 0 Å². The maximum Gasteiger partial charge on any atom is 0.309 e.